The van der Waals surface area contributed by atoms with Crippen molar-refractivity contribution >= 4 is 5.95 Å². The summed E-state index contributed by atoms with van der Waals surface area (Å²) in [6.45, 7) is 7.07. The van der Waals surface area contributed by atoms with Crippen LogP contribution in [0.25, 0.3) is 11.3 Å². The molecule has 0 amide bonds. The first-order valence-corrected chi connectivity index (χ1v) is 6.41. The lowest BCUT2D eigenvalue weighted by atomic mass is 10.1. The van der Waals surface area contributed by atoms with Gasteiger partial charge in [0.15, 0.2) is 0 Å². The largest absolute Gasteiger partial charge is 0.354 e. The van der Waals surface area contributed by atoms with Gasteiger partial charge < -0.3 is 5.32 Å². The van der Waals surface area contributed by atoms with Crippen LogP contribution in [0.3, 0.4) is 0 Å². The fourth-order valence-electron chi connectivity index (χ4n) is 1.88. The van der Waals surface area contributed by atoms with Crippen LogP contribution in [0.15, 0.2) is 30.5 Å². The monoisotopic (exact) mass is 241 g/mol. The molecular weight excluding hydrogens is 222 g/mol. The number of aromatic nitrogens is 2. The van der Waals surface area contributed by atoms with E-state index in [4.69, 9.17) is 0 Å². The Hall–Kier alpha value is -1.90. The molecule has 1 aromatic heterocycles. The van der Waals surface area contributed by atoms with E-state index in [1.807, 2.05) is 20.0 Å². The van der Waals surface area contributed by atoms with Crippen molar-refractivity contribution in [1.29, 1.82) is 0 Å². The molecule has 1 N–H and O–H groups in total. The van der Waals surface area contributed by atoms with Crippen LogP contribution in [0, 0.1) is 6.92 Å². The van der Waals surface area contributed by atoms with Crippen molar-refractivity contribution in [2.45, 2.75) is 27.2 Å². The van der Waals surface area contributed by atoms with Crippen LogP contribution < -0.4 is 5.32 Å². The summed E-state index contributed by atoms with van der Waals surface area (Å²) in [6.07, 6.45) is 2.93. The minimum Gasteiger partial charge on any atom is -0.354 e. The number of benzene rings is 1. The first-order chi connectivity index (χ1) is 8.74. The van der Waals surface area contributed by atoms with Crippen molar-refractivity contribution in [3.63, 3.8) is 0 Å². The molecule has 1 heterocycles. The van der Waals surface area contributed by atoms with Crippen LogP contribution in [0.4, 0.5) is 5.95 Å². The molecule has 0 saturated heterocycles. The van der Waals surface area contributed by atoms with Gasteiger partial charge in [-0.25, -0.2) is 9.97 Å². The maximum Gasteiger partial charge on any atom is 0.223 e. The van der Waals surface area contributed by atoms with Gasteiger partial charge in [0, 0.05) is 18.3 Å². The number of hydrogen-bond acceptors (Lipinski definition) is 3. The lowest BCUT2D eigenvalue weighted by molar-refractivity contribution is 1.07. The van der Waals surface area contributed by atoms with Gasteiger partial charge in [0.2, 0.25) is 5.95 Å². The van der Waals surface area contributed by atoms with Gasteiger partial charge >= 0.3 is 0 Å². The zero-order chi connectivity index (χ0) is 13.0. The molecule has 0 bridgehead atoms. The third kappa shape index (κ3) is 2.67. The van der Waals surface area contributed by atoms with E-state index < -0.39 is 0 Å². The van der Waals surface area contributed by atoms with E-state index in [1.165, 1.54) is 5.56 Å². The van der Waals surface area contributed by atoms with Gasteiger partial charge in [-0.15, -0.1) is 0 Å². The number of anilines is 1. The highest BCUT2D eigenvalue weighted by molar-refractivity contribution is 5.64. The number of nitrogens with one attached hydrogen (secondary N) is 1. The SMILES string of the molecule is CCNc1ncc(C)c(-c2ccc(CC)cc2)n1. The predicted molar refractivity (Wildman–Crippen MR) is 75.7 cm³/mol. The lowest BCUT2D eigenvalue weighted by Crippen LogP contribution is -2.03. The average Bonchev–Trinajstić information content (AvgIpc) is 2.41. The van der Waals surface area contributed by atoms with Crippen LogP contribution >= 0.6 is 0 Å². The Morgan fingerprint density at radius 1 is 1.11 bits per heavy atom. The van der Waals surface area contributed by atoms with Crippen molar-refractivity contribution in [2.75, 3.05) is 11.9 Å². The van der Waals surface area contributed by atoms with Gasteiger partial charge in [-0.2, -0.15) is 0 Å². The molecule has 1 aromatic carbocycles. The molecule has 0 aliphatic carbocycles. The fourth-order valence-corrected chi connectivity index (χ4v) is 1.88. The molecule has 2 rings (SSSR count). The van der Waals surface area contributed by atoms with E-state index in [0.717, 1.165) is 29.8 Å². The smallest absolute Gasteiger partial charge is 0.223 e. The van der Waals surface area contributed by atoms with Crippen molar-refractivity contribution in [3.8, 4) is 11.3 Å². The summed E-state index contributed by atoms with van der Waals surface area (Å²) in [5.74, 6) is 0.692. The Labute approximate surface area is 108 Å². The molecule has 0 radical (unpaired) electrons. The molecule has 2 aromatic rings. The molecule has 3 nitrogen and oxygen atoms in total. The Bertz CT molecular complexity index is 518. The highest BCUT2D eigenvalue weighted by atomic mass is 15.1. The molecule has 0 spiro atoms. The minimum absolute atomic E-state index is 0.692. The van der Waals surface area contributed by atoms with Crippen molar-refractivity contribution in [1.82, 2.24) is 9.97 Å². The number of aryl methyl sites for hydroxylation is 2. The molecule has 0 aliphatic heterocycles. The fraction of sp³-hybridized carbons (Fsp3) is 0.333. The van der Waals surface area contributed by atoms with Crippen molar-refractivity contribution in [2.24, 2.45) is 0 Å². The second-order valence-corrected chi connectivity index (χ2v) is 4.31. The second kappa shape index (κ2) is 5.63. The first-order valence-electron chi connectivity index (χ1n) is 6.41. The maximum absolute atomic E-state index is 4.57. The van der Waals surface area contributed by atoms with Gasteiger partial charge in [0.1, 0.15) is 0 Å². The normalized spacial score (nSPS) is 10.4. The van der Waals surface area contributed by atoms with Gasteiger partial charge in [0.05, 0.1) is 5.69 Å². The van der Waals surface area contributed by atoms with Crippen molar-refractivity contribution in [3.05, 3.63) is 41.6 Å². The molecular formula is C15H19N3. The summed E-state index contributed by atoms with van der Waals surface area (Å²) in [7, 11) is 0. The number of hydrogen-bond donors (Lipinski definition) is 1. The topological polar surface area (TPSA) is 37.8 Å². The Balaban J connectivity index is 2.38. The standard InChI is InChI=1S/C15H19N3/c1-4-12-6-8-13(9-7-12)14-11(3)10-17-15(18-14)16-5-2/h6-10H,4-5H2,1-3H3,(H,16,17,18). The molecule has 0 fully saturated rings. The first kappa shape index (κ1) is 12.6. The third-order valence-corrected chi connectivity index (χ3v) is 2.94. The summed E-state index contributed by atoms with van der Waals surface area (Å²) < 4.78 is 0. The summed E-state index contributed by atoms with van der Waals surface area (Å²) in [5, 5.41) is 3.15. The maximum atomic E-state index is 4.57. The quantitative estimate of drug-likeness (QED) is 0.891. The molecule has 0 atom stereocenters. The van der Waals surface area contributed by atoms with Crippen LogP contribution in [-0.2, 0) is 6.42 Å². The number of nitrogens with zero attached hydrogens (tertiary/aromatic N) is 2. The highest BCUT2D eigenvalue weighted by Crippen LogP contribution is 2.22. The van der Waals surface area contributed by atoms with E-state index in [2.05, 4.69) is 46.5 Å². The highest BCUT2D eigenvalue weighted by Gasteiger charge is 2.06. The van der Waals surface area contributed by atoms with Crippen LogP contribution in [0.2, 0.25) is 0 Å². The molecule has 0 saturated carbocycles. The molecule has 0 unspecified atom stereocenters. The van der Waals surface area contributed by atoms with Crippen LogP contribution in [0.1, 0.15) is 25.0 Å². The van der Waals surface area contributed by atoms with Gasteiger partial charge in [0.25, 0.3) is 0 Å². The Kier molecular flexibility index (Phi) is 3.92. The third-order valence-electron chi connectivity index (χ3n) is 2.94. The van der Waals surface area contributed by atoms with E-state index >= 15 is 0 Å². The summed E-state index contributed by atoms with van der Waals surface area (Å²) in [5.41, 5.74) is 4.59. The average molecular weight is 241 g/mol. The lowest BCUT2D eigenvalue weighted by Gasteiger charge is -2.08. The van der Waals surface area contributed by atoms with Gasteiger partial charge in [-0.3, -0.25) is 0 Å². The molecule has 0 aliphatic rings. The molecule has 3 heteroatoms. The van der Waals surface area contributed by atoms with Crippen LogP contribution in [0.5, 0.6) is 0 Å². The van der Waals surface area contributed by atoms with Gasteiger partial charge in [-0.1, -0.05) is 31.2 Å². The summed E-state index contributed by atoms with van der Waals surface area (Å²) >= 11 is 0. The van der Waals surface area contributed by atoms with E-state index in [-0.39, 0.29) is 0 Å². The number of rotatable bonds is 4. The molecule has 18 heavy (non-hydrogen) atoms. The van der Waals surface area contributed by atoms with E-state index in [1.54, 1.807) is 0 Å². The van der Waals surface area contributed by atoms with E-state index in [9.17, 15) is 0 Å². The van der Waals surface area contributed by atoms with Gasteiger partial charge in [-0.05, 0) is 31.4 Å². The van der Waals surface area contributed by atoms with Crippen molar-refractivity contribution < 1.29 is 0 Å². The summed E-state index contributed by atoms with van der Waals surface area (Å²) in [6, 6.07) is 8.57. The second-order valence-electron chi connectivity index (χ2n) is 4.31. The van der Waals surface area contributed by atoms with Crippen LogP contribution in [-0.4, -0.2) is 16.5 Å². The minimum atomic E-state index is 0.692. The zero-order valence-corrected chi connectivity index (χ0v) is 11.2. The molecule has 94 valence electrons. The zero-order valence-electron chi connectivity index (χ0n) is 11.2. The Morgan fingerprint density at radius 2 is 1.83 bits per heavy atom. The predicted octanol–water partition coefficient (Wildman–Crippen LogP) is 3.45. The summed E-state index contributed by atoms with van der Waals surface area (Å²) in [4.78, 5) is 8.83. The Morgan fingerprint density at radius 3 is 2.44 bits per heavy atom. The van der Waals surface area contributed by atoms with E-state index in [0.29, 0.717) is 5.95 Å².